The van der Waals surface area contributed by atoms with Crippen molar-refractivity contribution in [2.75, 3.05) is 7.11 Å². The van der Waals surface area contributed by atoms with Gasteiger partial charge in [0.1, 0.15) is 5.75 Å². The largest absolute Gasteiger partial charge is 0.497 e. The van der Waals surface area contributed by atoms with E-state index < -0.39 is 36.5 Å². The van der Waals surface area contributed by atoms with Gasteiger partial charge in [0.25, 0.3) is 5.00 Å². The summed E-state index contributed by atoms with van der Waals surface area (Å²) >= 11 is 0. The molecule has 0 amide bonds. The summed E-state index contributed by atoms with van der Waals surface area (Å²) in [5, 5.41) is 1.70. The summed E-state index contributed by atoms with van der Waals surface area (Å²) in [6.45, 7) is 0. The molecule has 0 spiro atoms. The Morgan fingerprint density at radius 3 is 2.22 bits per heavy atom. The predicted molar refractivity (Wildman–Crippen MR) is 82.2 cm³/mol. The van der Waals surface area contributed by atoms with Crippen LogP contribution in [0.1, 0.15) is 12.0 Å². The van der Waals surface area contributed by atoms with Crippen LogP contribution in [0.5, 0.6) is 5.75 Å². The molecule has 0 aliphatic heterocycles. The Bertz CT molecular complexity index is 887. The third kappa shape index (κ3) is 3.61. The van der Waals surface area contributed by atoms with Gasteiger partial charge in [-0.3, -0.25) is 4.55 Å². The second-order valence-corrected chi connectivity index (χ2v) is 8.17. The Balaban J connectivity index is 2.63. The smallest absolute Gasteiger partial charge is 0.304 e. The van der Waals surface area contributed by atoms with Gasteiger partial charge in [-0.1, -0.05) is 12.1 Å². The minimum Gasteiger partial charge on any atom is -0.497 e. The standard InChI is InChI=1S/C13H14FNO6S2/c1-21-11-4-2-9(3-5-11)10-6-12(22(15,16)17)8-13(14,7-10)23(18,19)20/h2-7H,8H2,1H3,(H2,15,16,17)(H,18,19,20). The number of hydrogen-bond acceptors (Lipinski definition) is 5. The maximum Gasteiger partial charge on any atom is 0.304 e. The van der Waals surface area contributed by atoms with E-state index in [2.05, 4.69) is 0 Å². The first-order valence-corrected chi connectivity index (χ1v) is 9.21. The molecule has 1 atom stereocenters. The Morgan fingerprint density at radius 2 is 1.78 bits per heavy atom. The second kappa shape index (κ2) is 5.71. The Morgan fingerprint density at radius 1 is 1.22 bits per heavy atom. The van der Waals surface area contributed by atoms with Crippen LogP contribution in [-0.4, -0.2) is 33.5 Å². The van der Waals surface area contributed by atoms with Crippen LogP contribution in [0.3, 0.4) is 0 Å². The van der Waals surface area contributed by atoms with E-state index >= 15 is 0 Å². The molecule has 0 aromatic heterocycles. The van der Waals surface area contributed by atoms with Crippen LogP contribution in [0.15, 0.2) is 41.3 Å². The summed E-state index contributed by atoms with van der Waals surface area (Å²) in [6.07, 6.45) is 0.628. The normalized spacial score (nSPS) is 22.3. The molecule has 1 aliphatic rings. The number of hydrogen-bond donors (Lipinski definition) is 2. The Kier molecular flexibility index (Phi) is 4.37. The number of primary sulfonamides is 1. The van der Waals surface area contributed by atoms with Crippen molar-refractivity contribution >= 4 is 25.7 Å². The molecule has 1 aromatic carbocycles. The highest BCUT2D eigenvalue weighted by atomic mass is 32.2. The van der Waals surface area contributed by atoms with E-state index in [1.165, 1.54) is 31.4 Å². The fourth-order valence-electron chi connectivity index (χ4n) is 2.09. The zero-order valence-electron chi connectivity index (χ0n) is 11.9. The molecule has 126 valence electrons. The van der Waals surface area contributed by atoms with E-state index in [9.17, 15) is 21.2 Å². The molecule has 23 heavy (non-hydrogen) atoms. The van der Waals surface area contributed by atoms with Crippen LogP contribution in [0.4, 0.5) is 4.39 Å². The first-order chi connectivity index (χ1) is 10.5. The van der Waals surface area contributed by atoms with Crippen molar-refractivity contribution in [3.63, 3.8) is 0 Å². The van der Waals surface area contributed by atoms with Gasteiger partial charge in [0.05, 0.1) is 12.0 Å². The summed E-state index contributed by atoms with van der Waals surface area (Å²) in [7, 11) is -8.09. The lowest BCUT2D eigenvalue weighted by Crippen LogP contribution is -2.36. The zero-order valence-corrected chi connectivity index (χ0v) is 13.6. The fraction of sp³-hybridized carbons (Fsp3) is 0.231. The molecule has 1 unspecified atom stereocenters. The lowest BCUT2D eigenvalue weighted by atomic mass is 9.98. The van der Waals surface area contributed by atoms with Gasteiger partial charge in [-0.25, -0.2) is 17.9 Å². The van der Waals surface area contributed by atoms with E-state index in [1.807, 2.05) is 0 Å². The van der Waals surface area contributed by atoms with Gasteiger partial charge in [-0.05, 0) is 35.4 Å². The Hall–Kier alpha value is -1.75. The average Bonchev–Trinajstić information content (AvgIpc) is 2.45. The number of methoxy groups -OCH3 is 1. The number of ether oxygens (including phenoxy) is 1. The number of sulfonamides is 1. The van der Waals surface area contributed by atoms with Crippen LogP contribution in [0.25, 0.3) is 5.57 Å². The van der Waals surface area contributed by atoms with Crippen molar-refractivity contribution in [3.8, 4) is 5.75 Å². The van der Waals surface area contributed by atoms with Crippen LogP contribution in [-0.2, 0) is 20.1 Å². The van der Waals surface area contributed by atoms with Crippen LogP contribution >= 0.6 is 0 Å². The summed E-state index contributed by atoms with van der Waals surface area (Å²) in [5.74, 6) is 0.502. The number of alkyl halides is 1. The van der Waals surface area contributed by atoms with Gasteiger partial charge >= 0.3 is 10.1 Å². The third-order valence-corrected chi connectivity index (χ3v) is 5.43. The lowest BCUT2D eigenvalue weighted by Gasteiger charge is -2.24. The minimum absolute atomic E-state index is 0.0388. The van der Waals surface area contributed by atoms with Gasteiger partial charge < -0.3 is 4.74 Å². The van der Waals surface area contributed by atoms with Crippen LogP contribution in [0, 0.1) is 0 Å². The van der Waals surface area contributed by atoms with Crippen LogP contribution < -0.4 is 9.88 Å². The third-order valence-electron chi connectivity index (χ3n) is 3.32. The molecule has 7 nitrogen and oxygen atoms in total. The maximum atomic E-state index is 14.6. The molecule has 2 rings (SSSR count). The monoisotopic (exact) mass is 363 g/mol. The van der Waals surface area contributed by atoms with E-state index in [1.54, 1.807) is 0 Å². The second-order valence-electron chi connectivity index (χ2n) is 4.92. The topological polar surface area (TPSA) is 124 Å². The highest BCUT2D eigenvalue weighted by Crippen LogP contribution is 2.38. The summed E-state index contributed by atoms with van der Waals surface area (Å²) in [4.78, 5) is -0.633. The van der Waals surface area contributed by atoms with Gasteiger partial charge in [0.2, 0.25) is 10.0 Å². The van der Waals surface area contributed by atoms with Crippen molar-refractivity contribution in [3.05, 3.63) is 46.9 Å². The van der Waals surface area contributed by atoms with Gasteiger partial charge in [0.15, 0.2) is 0 Å². The van der Waals surface area contributed by atoms with Crippen molar-refractivity contribution < 1.29 is 30.5 Å². The fourth-order valence-corrected chi connectivity index (χ4v) is 3.49. The molecule has 0 heterocycles. The van der Waals surface area contributed by atoms with Crippen molar-refractivity contribution in [1.82, 2.24) is 0 Å². The van der Waals surface area contributed by atoms with Gasteiger partial charge in [0, 0.05) is 6.42 Å². The molecule has 1 aromatic rings. The molecule has 3 N–H and O–H groups in total. The zero-order chi connectivity index (χ0) is 17.5. The summed E-state index contributed by atoms with van der Waals surface area (Å²) in [5.41, 5.74) is 0.292. The van der Waals surface area contributed by atoms with Crippen molar-refractivity contribution in [2.45, 2.75) is 11.4 Å². The van der Waals surface area contributed by atoms with E-state index in [0.29, 0.717) is 17.4 Å². The number of allylic oxidation sites excluding steroid dienone is 3. The molecule has 1 aliphatic carbocycles. The molecule has 0 saturated heterocycles. The maximum absolute atomic E-state index is 14.6. The molecule has 0 fully saturated rings. The highest BCUT2D eigenvalue weighted by Gasteiger charge is 2.46. The number of halogens is 1. The molecule has 0 bridgehead atoms. The molecule has 10 heteroatoms. The number of benzene rings is 1. The van der Waals surface area contributed by atoms with E-state index in [0.717, 1.165) is 6.08 Å². The number of nitrogens with two attached hydrogens (primary N) is 1. The average molecular weight is 363 g/mol. The van der Waals surface area contributed by atoms with Crippen molar-refractivity contribution in [1.29, 1.82) is 0 Å². The minimum atomic E-state index is -5.20. The first-order valence-electron chi connectivity index (χ1n) is 6.23. The predicted octanol–water partition coefficient (Wildman–Crippen LogP) is 1.21. The first kappa shape index (κ1) is 17.6. The molecule has 0 radical (unpaired) electrons. The van der Waals surface area contributed by atoms with Gasteiger partial charge in [-0.2, -0.15) is 8.42 Å². The quantitative estimate of drug-likeness (QED) is 0.775. The van der Waals surface area contributed by atoms with E-state index in [-0.39, 0.29) is 5.57 Å². The number of rotatable bonds is 4. The van der Waals surface area contributed by atoms with Crippen molar-refractivity contribution in [2.24, 2.45) is 5.14 Å². The molecule has 0 saturated carbocycles. The summed E-state index contributed by atoms with van der Waals surface area (Å²) < 4.78 is 74.3. The SMILES string of the molecule is COc1ccc(C2=CC(F)(S(=O)(=O)O)CC(S(N)(=O)=O)=C2)cc1. The molecular formula is C13H14FNO6S2. The van der Waals surface area contributed by atoms with Gasteiger partial charge in [-0.15, -0.1) is 0 Å². The summed E-state index contributed by atoms with van der Waals surface area (Å²) in [6, 6.07) is 6.03. The Labute approximate surface area is 133 Å². The van der Waals surface area contributed by atoms with E-state index in [4.69, 9.17) is 14.4 Å². The highest BCUT2D eigenvalue weighted by molar-refractivity contribution is 7.93. The lowest BCUT2D eigenvalue weighted by molar-refractivity contribution is 0.299. The molecular weight excluding hydrogens is 349 g/mol. The van der Waals surface area contributed by atoms with Crippen LogP contribution in [0.2, 0.25) is 0 Å².